The Morgan fingerprint density at radius 3 is 2.55 bits per heavy atom. The van der Waals surface area contributed by atoms with Crippen molar-refractivity contribution in [1.29, 1.82) is 0 Å². The maximum absolute atomic E-state index is 12.7. The molecule has 2 amide bonds. The van der Waals surface area contributed by atoms with Gasteiger partial charge in [-0.15, -0.1) is 0 Å². The van der Waals surface area contributed by atoms with Crippen molar-refractivity contribution < 1.29 is 9.59 Å². The third-order valence-corrected chi connectivity index (χ3v) is 7.50. The van der Waals surface area contributed by atoms with E-state index in [0.717, 1.165) is 48.0 Å². The Morgan fingerprint density at radius 1 is 1.00 bits per heavy atom. The molecule has 7 nitrogen and oxygen atoms in total. The lowest BCUT2D eigenvalue weighted by atomic mass is 10.0. The van der Waals surface area contributed by atoms with E-state index in [2.05, 4.69) is 27.3 Å². The molecular weight excluding hydrogens is 494 g/mol. The number of nitrogens with zero attached hydrogens (tertiary/aromatic N) is 1. The molecule has 1 aliphatic heterocycles. The zero-order valence-electron chi connectivity index (χ0n) is 21.7. The molecule has 0 spiro atoms. The lowest BCUT2D eigenvalue weighted by molar-refractivity contribution is -0.121. The second kappa shape index (κ2) is 15.1. The fourth-order valence-electron chi connectivity index (χ4n) is 4.39. The molecule has 2 aliphatic rings. The quantitative estimate of drug-likeness (QED) is 0.297. The molecule has 0 saturated carbocycles. The molecule has 0 radical (unpaired) electrons. The third-order valence-electron chi connectivity index (χ3n) is 6.41. The van der Waals surface area contributed by atoms with Gasteiger partial charge in [0, 0.05) is 37.8 Å². The summed E-state index contributed by atoms with van der Waals surface area (Å²) < 4.78 is 0. The van der Waals surface area contributed by atoms with E-state index < -0.39 is 0 Å². The van der Waals surface area contributed by atoms with E-state index in [1.165, 1.54) is 5.57 Å². The van der Waals surface area contributed by atoms with Crippen molar-refractivity contribution in [3.63, 3.8) is 0 Å². The SMILES string of the molecule is O=C(CC1=CC=CCC1)NCCNCC1CSC(=NCC(NC(=O)Cc2ccccc2)c2ccccc2)N1. The summed E-state index contributed by atoms with van der Waals surface area (Å²) in [5, 5.41) is 14.0. The molecule has 0 bridgehead atoms. The van der Waals surface area contributed by atoms with E-state index in [1.807, 2.05) is 72.8 Å². The zero-order valence-corrected chi connectivity index (χ0v) is 22.5. The average Bonchev–Trinajstić information content (AvgIpc) is 3.40. The first-order chi connectivity index (χ1) is 18.7. The van der Waals surface area contributed by atoms with Crippen LogP contribution in [0.4, 0.5) is 0 Å². The monoisotopic (exact) mass is 531 g/mol. The van der Waals surface area contributed by atoms with Crippen molar-refractivity contribution in [3.8, 4) is 0 Å². The number of rotatable bonds is 13. The minimum Gasteiger partial charge on any atom is -0.360 e. The van der Waals surface area contributed by atoms with Crippen molar-refractivity contribution >= 4 is 28.7 Å². The molecule has 1 saturated heterocycles. The Hall–Kier alpha value is -3.36. The maximum atomic E-state index is 12.7. The highest BCUT2D eigenvalue weighted by molar-refractivity contribution is 8.14. The van der Waals surface area contributed by atoms with Crippen LogP contribution in [-0.2, 0) is 16.0 Å². The van der Waals surface area contributed by atoms with Crippen LogP contribution in [0.25, 0.3) is 0 Å². The summed E-state index contributed by atoms with van der Waals surface area (Å²) in [6, 6.07) is 19.8. The lowest BCUT2D eigenvalue weighted by Crippen LogP contribution is -2.40. The molecule has 1 fully saturated rings. The van der Waals surface area contributed by atoms with Crippen LogP contribution < -0.4 is 21.3 Å². The average molecular weight is 532 g/mol. The Kier molecular flexibility index (Phi) is 11.0. The number of carbonyl (C=O) groups excluding carboxylic acids is 2. The molecule has 2 unspecified atom stereocenters. The molecule has 4 N–H and O–H groups in total. The number of benzene rings is 2. The summed E-state index contributed by atoms with van der Waals surface area (Å²) in [6.45, 7) is 2.61. The van der Waals surface area contributed by atoms with Crippen LogP contribution in [0, 0.1) is 0 Å². The van der Waals surface area contributed by atoms with Gasteiger partial charge < -0.3 is 21.3 Å². The van der Waals surface area contributed by atoms with Crippen molar-refractivity contribution in [3.05, 3.63) is 95.6 Å². The van der Waals surface area contributed by atoms with E-state index >= 15 is 0 Å². The summed E-state index contributed by atoms with van der Waals surface area (Å²) in [4.78, 5) is 29.6. The Balaban J connectivity index is 1.18. The summed E-state index contributed by atoms with van der Waals surface area (Å²) in [5.74, 6) is 0.996. The molecule has 2 aromatic carbocycles. The summed E-state index contributed by atoms with van der Waals surface area (Å²) in [6.07, 6.45) is 9.03. The van der Waals surface area contributed by atoms with E-state index in [-0.39, 0.29) is 23.9 Å². The standard InChI is InChI=1S/C30H37N5O2S/c36-28(18-23-10-4-1-5-11-23)32-17-16-31-20-26-22-38-30(34-26)33-21-27(25-14-8-3-9-15-25)35-29(37)19-24-12-6-2-7-13-24/h1-4,6-10,12-15,26-27,31H,5,11,16-22H2,(H,32,36)(H,33,34)(H,35,37). The summed E-state index contributed by atoms with van der Waals surface area (Å²) in [7, 11) is 0. The number of nitrogens with one attached hydrogen (secondary N) is 4. The number of aliphatic imine (C=N–C) groups is 1. The Morgan fingerprint density at radius 2 is 1.79 bits per heavy atom. The topological polar surface area (TPSA) is 94.6 Å². The van der Waals surface area contributed by atoms with Crippen molar-refractivity contribution in [2.24, 2.45) is 4.99 Å². The summed E-state index contributed by atoms with van der Waals surface area (Å²) in [5.41, 5.74) is 3.23. The zero-order chi connectivity index (χ0) is 26.4. The molecule has 2 atom stereocenters. The number of carbonyl (C=O) groups is 2. The van der Waals surface area contributed by atoms with Gasteiger partial charge in [-0.1, -0.05) is 96.2 Å². The van der Waals surface area contributed by atoms with Gasteiger partial charge in [0.2, 0.25) is 11.8 Å². The highest BCUT2D eigenvalue weighted by Gasteiger charge is 2.21. The molecule has 0 aromatic heterocycles. The van der Waals surface area contributed by atoms with Gasteiger partial charge in [-0.05, 0) is 24.0 Å². The highest BCUT2D eigenvalue weighted by Crippen LogP contribution is 2.18. The number of amides is 2. The smallest absolute Gasteiger partial charge is 0.224 e. The van der Waals surface area contributed by atoms with Crippen molar-refractivity contribution in [2.45, 2.75) is 37.8 Å². The number of allylic oxidation sites excluding steroid dienone is 3. The van der Waals surface area contributed by atoms with Gasteiger partial charge in [0.1, 0.15) is 0 Å². The van der Waals surface area contributed by atoms with Gasteiger partial charge in [-0.3, -0.25) is 14.6 Å². The molecule has 4 rings (SSSR count). The van der Waals surface area contributed by atoms with Gasteiger partial charge in [0.25, 0.3) is 0 Å². The lowest BCUT2D eigenvalue weighted by Gasteiger charge is -2.18. The van der Waals surface area contributed by atoms with Crippen LogP contribution in [0.5, 0.6) is 0 Å². The number of hydrogen-bond acceptors (Lipinski definition) is 5. The van der Waals surface area contributed by atoms with Crippen molar-refractivity contribution in [2.75, 3.05) is 31.9 Å². The van der Waals surface area contributed by atoms with Crippen LogP contribution in [0.3, 0.4) is 0 Å². The second-order valence-corrected chi connectivity index (χ2v) is 10.5. The second-order valence-electron chi connectivity index (χ2n) is 9.51. The molecule has 1 aliphatic carbocycles. The summed E-state index contributed by atoms with van der Waals surface area (Å²) >= 11 is 1.70. The Labute approximate surface area is 229 Å². The molecule has 38 heavy (non-hydrogen) atoms. The van der Waals surface area contributed by atoms with Crippen LogP contribution in [-0.4, -0.2) is 55.0 Å². The number of amidine groups is 1. The van der Waals surface area contributed by atoms with E-state index in [1.54, 1.807) is 11.8 Å². The number of thioether (sulfide) groups is 1. The first kappa shape index (κ1) is 27.7. The molecule has 2 aromatic rings. The van der Waals surface area contributed by atoms with Crippen LogP contribution >= 0.6 is 11.8 Å². The normalized spacial score (nSPS) is 18.5. The Bertz CT molecular complexity index is 1130. The van der Waals surface area contributed by atoms with E-state index in [0.29, 0.717) is 25.9 Å². The van der Waals surface area contributed by atoms with Gasteiger partial charge in [-0.2, -0.15) is 0 Å². The predicted molar refractivity (Wildman–Crippen MR) is 156 cm³/mol. The van der Waals surface area contributed by atoms with Crippen LogP contribution in [0.1, 0.15) is 36.4 Å². The predicted octanol–water partition coefficient (Wildman–Crippen LogP) is 3.52. The van der Waals surface area contributed by atoms with Gasteiger partial charge in [0.15, 0.2) is 5.17 Å². The number of hydrogen-bond donors (Lipinski definition) is 4. The van der Waals surface area contributed by atoms with Gasteiger partial charge >= 0.3 is 0 Å². The maximum Gasteiger partial charge on any atom is 0.224 e. The van der Waals surface area contributed by atoms with Crippen molar-refractivity contribution in [1.82, 2.24) is 21.3 Å². The van der Waals surface area contributed by atoms with E-state index in [4.69, 9.17) is 4.99 Å². The van der Waals surface area contributed by atoms with Crippen LogP contribution in [0.2, 0.25) is 0 Å². The largest absolute Gasteiger partial charge is 0.360 e. The fraction of sp³-hybridized carbons (Fsp3) is 0.367. The van der Waals surface area contributed by atoms with Gasteiger partial charge in [0.05, 0.1) is 19.0 Å². The molecule has 8 heteroatoms. The highest BCUT2D eigenvalue weighted by atomic mass is 32.2. The van der Waals surface area contributed by atoms with Crippen LogP contribution in [0.15, 0.2) is 89.5 Å². The molecular formula is C30H37N5O2S. The molecule has 1 heterocycles. The minimum absolute atomic E-state index is 0.0150. The van der Waals surface area contributed by atoms with E-state index in [9.17, 15) is 9.59 Å². The molecule has 200 valence electrons. The first-order valence-electron chi connectivity index (χ1n) is 13.3. The first-order valence-corrected chi connectivity index (χ1v) is 14.3. The minimum atomic E-state index is -0.191. The fourth-order valence-corrected chi connectivity index (χ4v) is 5.37. The third kappa shape index (κ3) is 9.50. The van der Waals surface area contributed by atoms with Gasteiger partial charge in [-0.25, -0.2) is 0 Å².